The van der Waals surface area contributed by atoms with E-state index in [1.54, 1.807) is 0 Å². The van der Waals surface area contributed by atoms with Crippen LogP contribution in [0.3, 0.4) is 0 Å². The van der Waals surface area contributed by atoms with Crippen molar-refractivity contribution in [1.29, 1.82) is 0 Å². The average molecular weight is 258 g/mol. The van der Waals surface area contributed by atoms with Gasteiger partial charge >= 0.3 is 0 Å². The molecule has 2 rings (SSSR count). The highest BCUT2D eigenvalue weighted by Gasteiger charge is 2.34. The highest BCUT2D eigenvalue weighted by molar-refractivity contribution is 8.08. The molecule has 1 amide bonds. The minimum Gasteiger partial charge on any atom is -0.312 e. The van der Waals surface area contributed by atoms with E-state index in [1.807, 2.05) is 30.4 Å². The van der Waals surface area contributed by atoms with Crippen molar-refractivity contribution in [3.63, 3.8) is 0 Å². The van der Waals surface area contributed by atoms with E-state index < -0.39 is 0 Å². The van der Waals surface area contributed by atoms with Gasteiger partial charge in [-0.2, -0.15) is 11.8 Å². The molecule has 0 spiro atoms. The maximum absolute atomic E-state index is 11.6. The highest BCUT2D eigenvalue weighted by Crippen LogP contribution is 2.36. The van der Waals surface area contributed by atoms with Crippen LogP contribution in [0.1, 0.15) is 27.2 Å². The smallest absolute Gasteiger partial charge is 0.250 e. The fourth-order valence-electron chi connectivity index (χ4n) is 1.84. The molecule has 2 aliphatic rings. The van der Waals surface area contributed by atoms with E-state index in [1.165, 1.54) is 0 Å². The zero-order chi connectivity index (χ0) is 11.7. The molecular formula is C11H18N2OS2. The quantitative estimate of drug-likeness (QED) is 0.823. The van der Waals surface area contributed by atoms with E-state index in [9.17, 15) is 4.79 Å². The molecule has 4 unspecified atom stereocenters. The first-order valence-electron chi connectivity index (χ1n) is 5.77. The summed E-state index contributed by atoms with van der Waals surface area (Å²) in [5.74, 6) is 2.05. The molecule has 0 radical (unpaired) electrons. The summed E-state index contributed by atoms with van der Waals surface area (Å²) in [5.41, 5.74) is 0. The van der Waals surface area contributed by atoms with Crippen LogP contribution in [-0.4, -0.2) is 39.3 Å². The summed E-state index contributed by atoms with van der Waals surface area (Å²) in [7, 11) is 0. The minimum absolute atomic E-state index is 0.0781. The van der Waals surface area contributed by atoms with Crippen molar-refractivity contribution in [3.05, 3.63) is 0 Å². The third-order valence-electron chi connectivity index (χ3n) is 3.09. The van der Waals surface area contributed by atoms with Crippen LogP contribution in [0.5, 0.6) is 0 Å². The van der Waals surface area contributed by atoms with Crippen molar-refractivity contribution in [2.75, 3.05) is 5.75 Å². The summed E-state index contributed by atoms with van der Waals surface area (Å²) < 4.78 is 0. The first-order valence-corrected chi connectivity index (χ1v) is 7.76. The van der Waals surface area contributed by atoms with Crippen LogP contribution in [0.15, 0.2) is 4.99 Å². The molecule has 16 heavy (non-hydrogen) atoms. The first kappa shape index (κ1) is 12.3. The van der Waals surface area contributed by atoms with Gasteiger partial charge in [0, 0.05) is 16.3 Å². The Morgan fingerprint density at radius 1 is 1.44 bits per heavy atom. The molecule has 5 heteroatoms. The second kappa shape index (κ2) is 5.00. The second-order valence-electron chi connectivity index (χ2n) is 4.30. The van der Waals surface area contributed by atoms with Gasteiger partial charge in [0.15, 0.2) is 0 Å². The molecule has 2 heterocycles. The van der Waals surface area contributed by atoms with E-state index in [0.29, 0.717) is 15.7 Å². The summed E-state index contributed by atoms with van der Waals surface area (Å²) in [6, 6.07) is -0.143. The number of nitrogens with zero attached hydrogens (tertiary/aromatic N) is 1. The van der Waals surface area contributed by atoms with Gasteiger partial charge in [-0.1, -0.05) is 20.8 Å². The molecule has 2 aliphatic heterocycles. The summed E-state index contributed by atoms with van der Waals surface area (Å²) in [6.07, 6.45) is 0.797. The maximum atomic E-state index is 11.6. The van der Waals surface area contributed by atoms with E-state index in [0.717, 1.165) is 18.0 Å². The van der Waals surface area contributed by atoms with Crippen LogP contribution in [0, 0.1) is 0 Å². The summed E-state index contributed by atoms with van der Waals surface area (Å²) in [6.45, 7) is 6.52. The van der Waals surface area contributed by atoms with Crippen LogP contribution in [-0.2, 0) is 4.79 Å². The number of amidine groups is 1. The second-order valence-corrected chi connectivity index (χ2v) is 7.29. The Hall–Kier alpha value is -0.160. The lowest BCUT2D eigenvalue weighted by Gasteiger charge is -2.30. The number of aliphatic imine (C=N–C) groups is 1. The number of rotatable bonds is 2. The number of carbonyl (C=O) groups is 1. The van der Waals surface area contributed by atoms with Gasteiger partial charge in [0.1, 0.15) is 11.9 Å². The van der Waals surface area contributed by atoms with Crippen LogP contribution < -0.4 is 5.32 Å². The normalized spacial score (nSPS) is 39.4. The van der Waals surface area contributed by atoms with E-state index >= 15 is 0 Å². The number of amides is 1. The lowest BCUT2D eigenvalue weighted by Crippen LogP contribution is -2.39. The molecular weight excluding hydrogens is 240 g/mol. The SMILES string of the molecule is CCC1N=C(C2CSC(C)C(C)S2)NC1=O. The number of hydrogen-bond acceptors (Lipinski definition) is 4. The summed E-state index contributed by atoms with van der Waals surface area (Å²) in [5, 5.41) is 4.63. The molecule has 4 atom stereocenters. The molecule has 1 fully saturated rings. The van der Waals surface area contributed by atoms with Crippen LogP contribution in [0.2, 0.25) is 0 Å². The van der Waals surface area contributed by atoms with Crippen LogP contribution >= 0.6 is 23.5 Å². The van der Waals surface area contributed by atoms with Crippen molar-refractivity contribution in [2.45, 2.75) is 49.0 Å². The van der Waals surface area contributed by atoms with Crippen molar-refractivity contribution >= 4 is 35.3 Å². The van der Waals surface area contributed by atoms with Crippen molar-refractivity contribution in [3.8, 4) is 0 Å². The van der Waals surface area contributed by atoms with Crippen molar-refractivity contribution in [2.24, 2.45) is 4.99 Å². The number of thioether (sulfide) groups is 2. The molecule has 1 saturated heterocycles. The lowest BCUT2D eigenvalue weighted by molar-refractivity contribution is -0.120. The van der Waals surface area contributed by atoms with Gasteiger partial charge < -0.3 is 5.32 Å². The number of nitrogens with one attached hydrogen (secondary N) is 1. The van der Waals surface area contributed by atoms with Crippen LogP contribution in [0.4, 0.5) is 0 Å². The standard InChI is InChI=1S/C11H18N2OS2/c1-4-8-11(14)13-10(12-8)9-5-15-6(2)7(3)16-9/h6-9H,4-5H2,1-3H3,(H,12,13,14). The Balaban J connectivity index is 2.01. The van der Waals surface area contributed by atoms with Gasteiger partial charge in [-0.05, 0) is 6.42 Å². The Bertz CT molecular complexity index is 319. The minimum atomic E-state index is -0.143. The number of carbonyl (C=O) groups excluding carboxylic acids is 1. The van der Waals surface area contributed by atoms with Gasteiger partial charge in [0.25, 0.3) is 0 Å². The summed E-state index contributed by atoms with van der Waals surface area (Å²) >= 11 is 3.92. The highest BCUT2D eigenvalue weighted by atomic mass is 32.2. The zero-order valence-corrected chi connectivity index (χ0v) is 11.5. The van der Waals surface area contributed by atoms with Gasteiger partial charge in [-0.3, -0.25) is 9.79 Å². The third kappa shape index (κ3) is 2.40. The Labute approximate surface area is 105 Å². The van der Waals surface area contributed by atoms with E-state index in [-0.39, 0.29) is 11.9 Å². The molecule has 0 bridgehead atoms. The third-order valence-corrected chi connectivity index (χ3v) is 6.49. The van der Waals surface area contributed by atoms with Gasteiger partial charge in [0.2, 0.25) is 5.91 Å². The predicted octanol–water partition coefficient (Wildman–Crippen LogP) is 1.92. The summed E-state index contributed by atoms with van der Waals surface area (Å²) in [4.78, 5) is 16.1. The molecule has 0 aromatic rings. The first-order chi connectivity index (χ1) is 7.61. The van der Waals surface area contributed by atoms with E-state index in [4.69, 9.17) is 0 Å². The molecule has 0 saturated carbocycles. The molecule has 0 aromatic heterocycles. The monoisotopic (exact) mass is 258 g/mol. The zero-order valence-electron chi connectivity index (χ0n) is 9.90. The largest absolute Gasteiger partial charge is 0.312 e. The van der Waals surface area contributed by atoms with Crippen LogP contribution in [0.25, 0.3) is 0 Å². The molecule has 0 aromatic carbocycles. The fraction of sp³-hybridized carbons (Fsp3) is 0.818. The van der Waals surface area contributed by atoms with Gasteiger partial charge in [0.05, 0.1) is 5.25 Å². The fourth-order valence-corrected chi connectivity index (χ4v) is 4.71. The molecule has 3 nitrogen and oxygen atoms in total. The maximum Gasteiger partial charge on any atom is 0.250 e. The lowest BCUT2D eigenvalue weighted by atomic mass is 10.2. The van der Waals surface area contributed by atoms with Crippen molar-refractivity contribution in [1.82, 2.24) is 5.32 Å². The molecule has 1 N–H and O–H groups in total. The Morgan fingerprint density at radius 2 is 2.19 bits per heavy atom. The Morgan fingerprint density at radius 3 is 2.75 bits per heavy atom. The predicted molar refractivity (Wildman–Crippen MR) is 72.4 cm³/mol. The average Bonchev–Trinajstić information content (AvgIpc) is 2.64. The Kier molecular flexibility index (Phi) is 3.85. The van der Waals surface area contributed by atoms with Crippen molar-refractivity contribution < 1.29 is 4.79 Å². The van der Waals surface area contributed by atoms with E-state index in [2.05, 4.69) is 24.2 Å². The molecule has 0 aliphatic carbocycles. The number of hydrogen-bond donors (Lipinski definition) is 1. The van der Waals surface area contributed by atoms with Gasteiger partial charge in [-0.15, -0.1) is 11.8 Å². The molecule has 90 valence electrons. The van der Waals surface area contributed by atoms with Gasteiger partial charge in [-0.25, -0.2) is 0 Å². The topological polar surface area (TPSA) is 41.5 Å².